The molecule has 0 aliphatic carbocycles. The van der Waals surface area contributed by atoms with Crippen LogP contribution in [-0.2, 0) is 11.8 Å². The fourth-order valence-corrected chi connectivity index (χ4v) is 3.85. The highest BCUT2D eigenvalue weighted by Gasteiger charge is 2.24. The van der Waals surface area contributed by atoms with Crippen molar-refractivity contribution in [2.24, 2.45) is 0 Å². The smallest absolute Gasteiger partial charge is 0.257 e. The van der Waals surface area contributed by atoms with Gasteiger partial charge in [0.1, 0.15) is 0 Å². The molecule has 0 atom stereocenters. The van der Waals surface area contributed by atoms with Crippen LogP contribution in [0.25, 0.3) is 0 Å². The molecule has 3 aromatic rings. The van der Waals surface area contributed by atoms with E-state index in [0.29, 0.717) is 10.7 Å². The van der Waals surface area contributed by atoms with Crippen LogP contribution in [0, 0.1) is 0 Å². The topological polar surface area (TPSA) is 42.0 Å². The van der Waals surface area contributed by atoms with Gasteiger partial charge in [-0.05, 0) is 17.7 Å². The second-order valence-electron chi connectivity index (χ2n) is 7.02. The maximum atomic E-state index is 12.4. The van der Waals surface area contributed by atoms with E-state index in [9.17, 15) is 4.79 Å². The van der Waals surface area contributed by atoms with Gasteiger partial charge in [-0.3, -0.25) is 10.1 Å². The van der Waals surface area contributed by atoms with Crippen LogP contribution in [-0.4, -0.2) is 10.9 Å². The van der Waals surface area contributed by atoms with E-state index in [4.69, 9.17) is 4.98 Å². The van der Waals surface area contributed by atoms with Crippen molar-refractivity contribution in [3.63, 3.8) is 0 Å². The number of hydrogen-bond acceptors (Lipinski definition) is 3. The summed E-state index contributed by atoms with van der Waals surface area (Å²) in [7, 11) is 0. The number of rotatable bonds is 4. The first-order valence-electron chi connectivity index (χ1n) is 8.34. The summed E-state index contributed by atoms with van der Waals surface area (Å²) < 4.78 is 0. The summed E-state index contributed by atoms with van der Waals surface area (Å²) in [5.74, 6) is -0.124. The third-order valence-corrected chi connectivity index (χ3v) is 4.84. The van der Waals surface area contributed by atoms with Gasteiger partial charge in [0.2, 0.25) is 0 Å². The molecule has 0 bridgehead atoms. The molecule has 0 saturated heterocycles. The van der Waals surface area contributed by atoms with Gasteiger partial charge in [-0.1, -0.05) is 69.3 Å². The third-order valence-electron chi connectivity index (χ3n) is 3.87. The average Bonchev–Trinajstić information content (AvgIpc) is 2.99. The highest BCUT2D eigenvalue weighted by Crippen LogP contribution is 2.33. The van der Waals surface area contributed by atoms with Crippen LogP contribution in [0.4, 0.5) is 5.13 Å². The van der Waals surface area contributed by atoms with E-state index >= 15 is 0 Å². The van der Waals surface area contributed by atoms with Gasteiger partial charge >= 0.3 is 0 Å². The molecule has 0 spiro atoms. The molecule has 2 aromatic carbocycles. The highest BCUT2D eigenvalue weighted by atomic mass is 32.1. The standard InChI is InChI=1S/C21H22N2OS/c1-21(2,3)18-17(14-15-10-6-4-7-11-15)25-20(22-18)23-19(24)16-12-8-5-9-13-16/h4-13H,14H2,1-3H3,(H,22,23,24). The third kappa shape index (κ3) is 4.34. The number of aromatic nitrogens is 1. The molecule has 3 rings (SSSR count). The summed E-state index contributed by atoms with van der Waals surface area (Å²) >= 11 is 1.56. The summed E-state index contributed by atoms with van der Waals surface area (Å²) in [6.45, 7) is 6.46. The lowest BCUT2D eigenvalue weighted by atomic mass is 9.90. The van der Waals surface area contributed by atoms with E-state index in [1.165, 1.54) is 10.4 Å². The van der Waals surface area contributed by atoms with Crippen LogP contribution in [0.2, 0.25) is 0 Å². The number of nitrogens with one attached hydrogen (secondary N) is 1. The van der Waals surface area contributed by atoms with Crippen molar-refractivity contribution in [2.45, 2.75) is 32.6 Å². The molecule has 3 nitrogen and oxygen atoms in total. The predicted molar refractivity (Wildman–Crippen MR) is 104 cm³/mol. The molecule has 25 heavy (non-hydrogen) atoms. The van der Waals surface area contributed by atoms with E-state index < -0.39 is 0 Å². The van der Waals surface area contributed by atoms with Gasteiger partial charge in [-0.15, -0.1) is 11.3 Å². The average molecular weight is 350 g/mol. The van der Waals surface area contributed by atoms with Gasteiger partial charge in [-0.25, -0.2) is 4.98 Å². The number of hydrogen-bond donors (Lipinski definition) is 1. The number of benzene rings is 2. The summed E-state index contributed by atoms with van der Waals surface area (Å²) in [5.41, 5.74) is 2.86. The van der Waals surface area contributed by atoms with Gasteiger partial charge in [-0.2, -0.15) is 0 Å². The lowest BCUT2D eigenvalue weighted by molar-refractivity contribution is 0.102. The van der Waals surface area contributed by atoms with Crippen LogP contribution < -0.4 is 5.32 Å². The van der Waals surface area contributed by atoms with Crippen molar-refractivity contribution in [2.75, 3.05) is 5.32 Å². The lowest BCUT2D eigenvalue weighted by Crippen LogP contribution is -2.15. The molecule has 0 unspecified atom stereocenters. The Labute approximate surface area is 152 Å². The van der Waals surface area contributed by atoms with E-state index in [1.54, 1.807) is 23.5 Å². The fraction of sp³-hybridized carbons (Fsp3) is 0.238. The Kier molecular flexibility index (Phi) is 5.00. The van der Waals surface area contributed by atoms with Crippen molar-refractivity contribution in [3.05, 3.63) is 82.4 Å². The molecular weight excluding hydrogens is 328 g/mol. The zero-order chi connectivity index (χ0) is 17.9. The Hall–Kier alpha value is -2.46. The molecule has 1 heterocycles. The number of nitrogens with zero attached hydrogens (tertiary/aromatic N) is 1. The zero-order valence-electron chi connectivity index (χ0n) is 14.7. The zero-order valence-corrected chi connectivity index (χ0v) is 15.6. The van der Waals surface area contributed by atoms with Crippen molar-refractivity contribution in [1.29, 1.82) is 0 Å². The van der Waals surface area contributed by atoms with Crippen LogP contribution in [0.3, 0.4) is 0 Å². The molecule has 0 saturated carbocycles. The summed E-state index contributed by atoms with van der Waals surface area (Å²) in [6.07, 6.45) is 0.826. The SMILES string of the molecule is CC(C)(C)c1nc(NC(=O)c2ccccc2)sc1Cc1ccccc1. The van der Waals surface area contributed by atoms with Crippen molar-refractivity contribution in [3.8, 4) is 0 Å². The quantitative estimate of drug-likeness (QED) is 0.695. The molecule has 1 aromatic heterocycles. The van der Waals surface area contributed by atoms with Gasteiger partial charge < -0.3 is 0 Å². The van der Waals surface area contributed by atoms with Gasteiger partial charge in [0.15, 0.2) is 5.13 Å². The Balaban J connectivity index is 1.87. The van der Waals surface area contributed by atoms with E-state index in [1.807, 2.05) is 36.4 Å². The summed E-state index contributed by atoms with van der Waals surface area (Å²) in [4.78, 5) is 18.3. The predicted octanol–water partition coefficient (Wildman–Crippen LogP) is 5.28. The van der Waals surface area contributed by atoms with Crippen LogP contribution >= 0.6 is 11.3 Å². The van der Waals surface area contributed by atoms with Gasteiger partial charge in [0.05, 0.1) is 5.69 Å². The first-order valence-corrected chi connectivity index (χ1v) is 9.15. The van der Waals surface area contributed by atoms with Gasteiger partial charge in [0.25, 0.3) is 5.91 Å². The Morgan fingerprint density at radius 2 is 1.60 bits per heavy atom. The number of thiazole rings is 1. The molecule has 0 fully saturated rings. The molecule has 0 aliphatic heterocycles. The minimum absolute atomic E-state index is 0.0731. The first-order chi connectivity index (χ1) is 11.9. The Morgan fingerprint density at radius 3 is 2.20 bits per heavy atom. The maximum Gasteiger partial charge on any atom is 0.257 e. The van der Waals surface area contributed by atoms with E-state index in [0.717, 1.165) is 12.1 Å². The van der Waals surface area contributed by atoms with Crippen molar-refractivity contribution < 1.29 is 4.79 Å². The molecule has 1 amide bonds. The van der Waals surface area contributed by atoms with E-state index in [-0.39, 0.29) is 11.3 Å². The summed E-state index contributed by atoms with van der Waals surface area (Å²) in [5, 5.41) is 3.60. The van der Waals surface area contributed by atoms with Crippen LogP contribution in [0.1, 0.15) is 47.3 Å². The second-order valence-corrected chi connectivity index (χ2v) is 8.11. The largest absolute Gasteiger partial charge is 0.298 e. The fourth-order valence-electron chi connectivity index (χ4n) is 2.65. The molecule has 128 valence electrons. The minimum Gasteiger partial charge on any atom is -0.298 e. The van der Waals surface area contributed by atoms with Crippen molar-refractivity contribution in [1.82, 2.24) is 4.98 Å². The summed E-state index contributed by atoms with van der Waals surface area (Å²) in [6, 6.07) is 19.6. The van der Waals surface area contributed by atoms with Gasteiger partial charge in [0, 0.05) is 22.3 Å². The Bertz CT molecular complexity index is 849. The number of carbonyl (C=O) groups is 1. The normalized spacial score (nSPS) is 11.3. The first kappa shape index (κ1) is 17.4. The molecule has 0 aliphatic rings. The molecular formula is C21H22N2OS. The monoisotopic (exact) mass is 350 g/mol. The van der Waals surface area contributed by atoms with Crippen LogP contribution in [0.5, 0.6) is 0 Å². The van der Waals surface area contributed by atoms with Crippen molar-refractivity contribution >= 4 is 22.4 Å². The molecule has 1 N–H and O–H groups in total. The minimum atomic E-state index is -0.124. The molecule has 4 heteroatoms. The second kappa shape index (κ2) is 7.19. The van der Waals surface area contributed by atoms with E-state index in [2.05, 4.69) is 38.2 Å². The lowest BCUT2D eigenvalue weighted by Gasteiger charge is -2.17. The number of anilines is 1. The molecule has 0 radical (unpaired) electrons. The Morgan fingerprint density at radius 1 is 1.00 bits per heavy atom. The number of amides is 1. The van der Waals surface area contributed by atoms with Crippen LogP contribution in [0.15, 0.2) is 60.7 Å². The highest BCUT2D eigenvalue weighted by molar-refractivity contribution is 7.16. The number of carbonyl (C=O) groups excluding carboxylic acids is 1. The maximum absolute atomic E-state index is 12.4.